The third kappa shape index (κ3) is 3.49. The number of carboxylic acid groups (broad SMARTS) is 1. The van der Waals surface area contributed by atoms with Crippen LogP contribution in [0.2, 0.25) is 0 Å². The Labute approximate surface area is 112 Å². The summed E-state index contributed by atoms with van der Waals surface area (Å²) < 4.78 is 0. The Morgan fingerprint density at radius 2 is 2.16 bits per heavy atom. The predicted molar refractivity (Wildman–Crippen MR) is 73.2 cm³/mol. The molecule has 0 aliphatic rings. The number of rotatable bonds is 4. The van der Waals surface area contributed by atoms with Crippen molar-refractivity contribution in [2.24, 2.45) is 0 Å². The molecule has 0 aliphatic heterocycles. The summed E-state index contributed by atoms with van der Waals surface area (Å²) in [6, 6.07) is 4.41. The van der Waals surface area contributed by atoms with Crippen LogP contribution in [-0.4, -0.2) is 35.1 Å². The van der Waals surface area contributed by atoms with E-state index in [1.54, 1.807) is 26.0 Å². The Morgan fingerprint density at radius 1 is 1.47 bits per heavy atom. The maximum atomic E-state index is 12.0. The van der Waals surface area contributed by atoms with E-state index in [2.05, 4.69) is 11.2 Å². The molecule has 0 saturated carbocycles. The first-order valence-corrected chi connectivity index (χ1v) is 5.83. The number of nitrogens with one attached hydrogen (secondary N) is 1. The van der Waals surface area contributed by atoms with Crippen molar-refractivity contribution in [2.75, 3.05) is 18.4 Å². The zero-order valence-electron chi connectivity index (χ0n) is 10.9. The quantitative estimate of drug-likeness (QED) is 0.815. The maximum Gasteiger partial charge on any atom is 0.337 e. The van der Waals surface area contributed by atoms with E-state index in [1.807, 2.05) is 0 Å². The van der Waals surface area contributed by atoms with Crippen molar-refractivity contribution in [2.45, 2.75) is 13.8 Å². The van der Waals surface area contributed by atoms with E-state index < -0.39 is 12.0 Å². The maximum absolute atomic E-state index is 12.0. The van der Waals surface area contributed by atoms with Crippen LogP contribution in [-0.2, 0) is 0 Å². The number of carboxylic acids is 1. The largest absolute Gasteiger partial charge is 0.478 e. The highest BCUT2D eigenvalue weighted by Gasteiger charge is 2.17. The number of carbonyl (C=O) groups excluding carboxylic acids is 1. The van der Waals surface area contributed by atoms with Crippen LogP contribution in [0, 0.1) is 19.3 Å². The molecule has 5 nitrogen and oxygen atoms in total. The van der Waals surface area contributed by atoms with Crippen LogP contribution in [0.3, 0.4) is 0 Å². The lowest BCUT2D eigenvalue weighted by molar-refractivity contribution is 0.0698. The van der Waals surface area contributed by atoms with Gasteiger partial charge in [-0.1, -0.05) is 18.1 Å². The van der Waals surface area contributed by atoms with Crippen molar-refractivity contribution in [3.05, 3.63) is 29.3 Å². The molecule has 0 atom stereocenters. The van der Waals surface area contributed by atoms with Gasteiger partial charge in [-0.25, -0.2) is 9.59 Å². The third-order valence-electron chi connectivity index (χ3n) is 2.69. The number of nitrogens with zero attached hydrogens (tertiary/aromatic N) is 1. The van der Waals surface area contributed by atoms with Crippen LogP contribution in [0.4, 0.5) is 10.5 Å². The minimum absolute atomic E-state index is 0.0603. The minimum atomic E-state index is -1.08. The van der Waals surface area contributed by atoms with Gasteiger partial charge in [0, 0.05) is 6.54 Å². The number of urea groups is 1. The highest BCUT2D eigenvalue weighted by molar-refractivity contribution is 6.01. The Morgan fingerprint density at radius 3 is 2.68 bits per heavy atom. The van der Waals surface area contributed by atoms with Crippen molar-refractivity contribution in [3.8, 4) is 12.3 Å². The molecule has 1 aromatic carbocycles. The zero-order valence-corrected chi connectivity index (χ0v) is 10.9. The van der Waals surface area contributed by atoms with Gasteiger partial charge >= 0.3 is 12.0 Å². The molecule has 2 amide bonds. The second kappa shape index (κ2) is 6.45. The van der Waals surface area contributed by atoms with Crippen LogP contribution < -0.4 is 5.32 Å². The topological polar surface area (TPSA) is 69.6 Å². The number of para-hydroxylation sites is 1. The molecule has 0 spiro atoms. The first-order valence-electron chi connectivity index (χ1n) is 5.83. The number of aryl methyl sites for hydroxylation is 1. The number of hydrogen-bond donors (Lipinski definition) is 2. The van der Waals surface area contributed by atoms with E-state index in [0.29, 0.717) is 17.8 Å². The van der Waals surface area contributed by atoms with E-state index >= 15 is 0 Å². The van der Waals surface area contributed by atoms with Crippen molar-refractivity contribution in [3.63, 3.8) is 0 Å². The molecule has 0 heterocycles. The van der Waals surface area contributed by atoms with E-state index in [-0.39, 0.29) is 12.1 Å². The summed E-state index contributed by atoms with van der Waals surface area (Å²) in [5.41, 5.74) is 1.05. The highest BCUT2D eigenvalue weighted by atomic mass is 16.4. The number of amides is 2. The van der Waals surface area contributed by atoms with Crippen molar-refractivity contribution >= 4 is 17.7 Å². The molecular formula is C14H16N2O3. The molecule has 0 aliphatic carbocycles. The van der Waals surface area contributed by atoms with Gasteiger partial charge < -0.3 is 15.3 Å². The summed E-state index contributed by atoms with van der Waals surface area (Å²) in [4.78, 5) is 24.5. The van der Waals surface area contributed by atoms with Gasteiger partial charge in [0.05, 0.1) is 17.8 Å². The molecule has 0 unspecified atom stereocenters. The smallest absolute Gasteiger partial charge is 0.337 e. The molecule has 0 saturated heterocycles. The van der Waals surface area contributed by atoms with Gasteiger partial charge in [-0.2, -0.15) is 0 Å². The Balaban J connectivity index is 3.02. The molecule has 0 bridgehead atoms. The standard InChI is InChI=1S/C14H16N2O3/c1-4-9-16(5-2)14(19)15-12-10(3)7-6-8-11(12)13(17)18/h1,6-8H,5,9H2,2-3H3,(H,15,19)(H,17,18). The van der Waals surface area contributed by atoms with Gasteiger partial charge in [0.2, 0.25) is 0 Å². The molecule has 1 rings (SSSR count). The number of aromatic carboxylic acids is 1. The van der Waals surface area contributed by atoms with E-state index in [1.165, 1.54) is 11.0 Å². The fourth-order valence-corrected chi connectivity index (χ4v) is 1.64. The number of benzene rings is 1. The van der Waals surface area contributed by atoms with Gasteiger partial charge in [0.1, 0.15) is 0 Å². The van der Waals surface area contributed by atoms with Gasteiger partial charge in [-0.05, 0) is 25.5 Å². The molecule has 5 heteroatoms. The lowest BCUT2D eigenvalue weighted by Crippen LogP contribution is -2.35. The van der Waals surface area contributed by atoms with Crippen LogP contribution in [0.25, 0.3) is 0 Å². The lowest BCUT2D eigenvalue weighted by Gasteiger charge is -2.20. The van der Waals surface area contributed by atoms with Gasteiger partial charge in [0.25, 0.3) is 0 Å². The molecule has 100 valence electrons. The molecule has 2 N–H and O–H groups in total. The van der Waals surface area contributed by atoms with Crippen molar-refractivity contribution in [1.29, 1.82) is 0 Å². The first-order chi connectivity index (χ1) is 9.01. The molecule has 0 fully saturated rings. The Bertz CT molecular complexity index is 532. The zero-order chi connectivity index (χ0) is 14.4. The van der Waals surface area contributed by atoms with Crippen LogP contribution >= 0.6 is 0 Å². The summed E-state index contributed by atoms with van der Waals surface area (Å²) >= 11 is 0. The number of carbonyl (C=O) groups is 2. The molecule has 1 aromatic rings. The summed E-state index contributed by atoms with van der Waals surface area (Å²) in [5.74, 6) is 1.30. The van der Waals surface area contributed by atoms with E-state index in [0.717, 1.165) is 0 Å². The van der Waals surface area contributed by atoms with Crippen LogP contribution in [0.5, 0.6) is 0 Å². The number of terminal acetylenes is 1. The molecule has 0 radical (unpaired) electrons. The second-order valence-electron chi connectivity index (χ2n) is 3.95. The summed E-state index contributed by atoms with van der Waals surface area (Å²) in [5, 5.41) is 11.7. The highest BCUT2D eigenvalue weighted by Crippen LogP contribution is 2.21. The number of hydrogen-bond acceptors (Lipinski definition) is 2. The van der Waals surface area contributed by atoms with E-state index in [4.69, 9.17) is 11.5 Å². The monoisotopic (exact) mass is 260 g/mol. The Kier molecular flexibility index (Phi) is 4.95. The molecular weight excluding hydrogens is 244 g/mol. The molecule has 0 aromatic heterocycles. The van der Waals surface area contributed by atoms with Gasteiger partial charge in [-0.3, -0.25) is 0 Å². The fraction of sp³-hybridized carbons (Fsp3) is 0.286. The average molecular weight is 260 g/mol. The summed E-state index contributed by atoms with van der Waals surface area (Å²) in [6.45, 7) is 4.16. The first kappa shape index (κ1) is 14.6. The summed E-state index contributed by atoms with van der Waals surface area (Å²) in [7, 11) is 0. The predicted octanol–water partition coefficient (Wildman–Crippen LogP) is 2.18. The van der Waals surface area contributed by atoms with Crippen molar-refractivity contribution < 1.29 is 14.7 Å². The van der Waals surface area contributed by atoms with Crippen molar-refractivity contribution in [1.82, 2.24) is 4.90 Å². The third-order valence-corrected chi connectivity index (χ3v) is 2.69. The van der Waals surface area contributed by atoms with Crippen LogP contribution in [0.1, 0.15) is 22.8 Å². The lowest BCUT2D eigenvalue weighted by atomic mass is 10.1. The minimum Gasteiger partial charge on any atom is -0.478 e. The second-order valence-corrected chi connectivity index (χ2v) is 3.95. The summed E-state index contributed by atoms with van der Waals surface area (Å²) in [6.07, 6.45) is 5.18. The SMILES string of the molecule is C#CCN(CC)C(=O)Nc1c(C)cccc1C(=O)O. The van der Waals surface area contributed by atoms with E-state index in [9.17, 15) is 9.59 Å². The van der Waals surface area contributed by atoms with Gasteiger partial charge in [0.15, 0.2) is 0 Å². The average Bonchev–Trinajstić information content (AvgIpc) is 2.37. The van der Waals surface area contributed by atoms with Crippen LogP contribution in [0.15, 0.2) is 18.2 Å². The number of anilines is 1. The fourth-order valence-electron chi connectivity index (χ4n) is 1.64. The van der Waals surface area contributed by atoms with Gasteiger partial charge in [-0.15, -0.1) is 6.42 Å². The molecule has 19 heavy (non-hydrogen) atoms. The normalized spacial score (nSPS) is 9.53. The Hall–Kier alpha value is -2.48.